The second kappa shape index (κ2) is 9.50. The van der Waals surface area contributed by atoms with Gasteiger partial charge in [-0.15, -0.1) is 0 Å². The number of hydrogen-bond donors (Lipinski definition) is 0. The maximum absolute atomic E-state index is 2.84. The van der Waals surface area contributed by atoms with Crippen LogP contribution in [0.15, 0.2) is 0 Å². The van der Waals surface area contributed by atoms with E-state index in [1.165, 1.54) is 12.8 Å². The van der Waals surface area contributed by atoms with Gasteiger partial charge in [0.25, 0.3) is 0 Å². The van der Waals surface area contributed by atoms with Crippen molar-refractivity contribution >= 4 is 0 Å². The Morgan fingerprint density at radius 1 is 0.282 bits per heavy atom. The molecule has 0 heterocycles. The summed E-state index contributed by atoms with van der Waals surface area (Å²) < 4.78 is 0. The van der Waals surface area contributed by atoms with E-state index < -0.39 is 0 Å². The van der Waals surface area contributed by atoms with Gasteiger partial charge in [0.2, 0.25) is 0 Å². The summed E-state index contributed by atoms with van der Waals surface area (Å²) in [6.07, 6.45) is 3.06. The molecule has 6 aliphatic carbocycles. The second-order valence-electron chi connectivity index (χ2n) is 18.4. The molecule has 6 aliphatic rings. The molecular weight excluding hydrogens is 468 g/mol. The minimum atomic E-state index is 0.560. The molecule has 0 nitrogen and oxygen atoms in total. The van der Waals surface area contributed by atoms with Crippen molar-refractivity contribution in [3.05, 3.63) is 0 Å². The van der Waals surface area contributed by atoms with Gasteiger partial charge in [-0.3, -0.25) is 0 Å². The average molecular weight is 537 g/mol. The SMILES string of the molecule is CC1CC2(CC(C)C3C4C(C)C(C)C(C)C5C(C)C(C)C(C)C(C54)C3C2C)C(C)C2C(C)C(C)C(C)C(C)C12. The van der Waals surface area contributed by atoms with Crippen molar-refractivity contribution in [1.82, 2.24) is 0 Å². The number of rotatable bonds is 0. The Hall–Kier alpha value is 0. The molecule has 0 bridgehead atoms. The fraction of sp³-hybridized carbons (Fsp3) is 1.00. The summed E-state index contributed by atoms with van der Waals surface area (Å²) in [5.41, 5.74) is 0.560. The Kier molecular flexibility index (Phi) is 7.09. The van der Waals surface area contributed by atoms with Crippen LogP contribution in [-0.2, 0) is 0 Å². The molecule has 6 fully saturated rings. The van der Waals surface area contributed by atoms with Crippen molar-refractivity contribution in [3.8, 4) is 0 Å². The predicted octanol–water partition coefficient (Wildman–Crippen LogP) is 10.7. The highest BCUT2D eigenvalue weighted by molar-refractivity contribution is 5.18. The minimum absolute atomic E-state index is 0.560. The van der Waals surface area contributed by atoms with Gasteiger partial charge in [0.15, 0.2) is 0 Å². The Balaban J connectivity index is 1.44. The Morgan fingerprint density at radius 3 is 1.13 bits per heavy atom. The van der Waals surface area contributed by atoms with E-state index >= 15 is 0 Å². The summed E-state index contributed by atoms with van der Waals surface area (Å²) >= 11 is 0. The molecule has 1 spiro atoms. The normalized spacial score (nSPS) is 68.2. The molecule has 0 aromatic rings. The lowest BCUT2D eigenvalue weighted by Crippen LogP contribution is -2.60. The highest BCUT2D eigenvalue weighted by Gasteiger charge is 2.70. The summed E-state index contributed by atoms with van der Waals surface area (Å²) in [5.74, 6) is 20.2. The third kappa shape index (κ3) is 3.54. The molecule has 23 atom stereocenters. The molecule has 6 rings (SSSR count). The van der Waals surface area contributed by atoms with Gasteiger partial charge in [-0.1, -0.05) is 96.9 Å². The van der Waals surface area contributed by atoms with Gasteiger partial charge in [0.1, 0.15) is 0 Å². The van der Waals surface area contributed by atoms with E-state index in [1.54, 1.807) is 0 Å². The average Bonchev–Trinajstić information content (AvgIpc) is 3.25. The van der Waals surface area contributed by atoms with Gasteiger partial charge in [-0.2, -0.15) is 0 Å². The summed E-state index contributed by atoms with van der Waals surface area (Å²) in [7, 11) is 0. The third-order valence-electron chi connectivity index (χ3n) is 18.2. The van der Waals surface area contributed by atoms with Crippen molar-refractivity contribution in [2.75, 3.05) is 0 Å². The first-order chi connectivity index (χ1) is 18.2. The number of fused-ring (bicyclic) bond motifs is 4. The van der Waals surface area contributed by atoms with E-state index in [9.17, 15) is 0 Å². The van der Waals surface area contributed by atoms with Crippen LogP contribution in [0.25, 0.3) is 0 Å². The first kappa shape index (κ1) is 29.1. The summed E-state index contributed by atoms with van der Waals surface area (Å²) in [6.45, 7) is 37.8. The lowest BCUT2D eigenvalue weighted by Gasteiger charge is -2.66. The van der Waals surface area contributed by atoms with Crippen LogP contribution in [0.2, 0.25) is 0 Å². The lowest BCUT2D eigenvalue weighted by atomic mass is 9.39. The molecule has 0 aliphatic heterocycles. The summed E-state index contributed by atoms with van der Waals surface area (Å²) in [5, 5.41) is 0. The van der Waals surface area contributed by atoms with Crippen LogP contribution < -0.4 is 0 Å². The standard InChI is InChI=1S/C39H68/c1-17-15-39(29(13)34-26(10)20(4)19(3)23(7)31(17)34)16-18(2)32-35-27(11)21(5)24(8)33-25(9)22(6)28(12)36(38(33)35)37(32)30(39)14/h17-38H,15-16H2,1-14H3. The molecule has 23 unspecified atom stereocenters. The van der Waals surface area contributed by atoms with Crippen molar-refractivity contribution < 1.29 is 0 Å². The third-order valence-corrected chi connectivity index (χ3v) is 18.2. The van der Waals surface area contributed by atoms with Gasteiger partial charge >= 0.3 is 0 Å². The molecule has 0 heteroatoms. The van der Waals surface area contributed by atoms with E-state index in [2.05, 4.69) is 96.9 Å². The van der Waals surface area contributed by atoms with Crippen LogP contribution in [0.3, 0.4) is 0 Å². The topological polar surface area (TPSA) is 0 Å². The zero-order valence-corrected chi connectivity index (χ0v) is 28.6. The lowest BCUT2D eigenvalue weighted by molar-refractivity contribution is -0.181. The van der Waals surface area contributed by atoms with Crippen molar-refractivity contribution in [3.63, 3.8) is 0 Å². The molecule has 0 N–H and O–H groups in total. The Bertz CT molecular complexity index is 915. The second-order valence-corrected chi connectivity index (χ2v) is 18.4. The fourth-order valence-electron chi connectivity index (χ4n) is 15.7. The van der Waals surface area contributed by atoms with Gasteiger partial charge in [-0.25, -0.2) is 0 Å². The quantitative estimate of drug-likeness (QED) is 0.289. The van der Waals surface area contributed by atoms with Crippen LogP contribution in [-0.4, -0.2) is 0 Å². The molecule has 0 saturated heterocycles. The molecule has 224 valence electrons. The maximum Gasteiger partial charge on any atom is -0.0235 e. The van der Waals surface area contributed by atoms with Crippen molar-refractivity contribution in [1.29, 1.82) is 0 Å². The van der Waals surface area contributed by atoms with E-state index in [-0.39, 0.29) is 0 Å². The fourth-order valence-corrected chi connectivity index (χ4v) is 15.7. The Morgan fingerprint density at radius 2 is 0.615 bits per heavy atom. The maximum atomic E-state index is 2.84. The van der Waals surface area contributed by atoms with Gasteiger partial charge in [-0.05, 0) is 148 Å². The smallest absolute Gasteiger partial charge is 0.0235 e. The largest absolute Gasteiger partial charge is 0.0622 e. The van der Waals surface area contributed by atoms with E-state index in [1.807, 2.05) is 0 Å². The van der Waals surface area contributed by atoms with E-state index in [4.69, 9.17) is 0 Å². The van der Waals surface area contributed by atoms with Crippen molar-refractivity contribution in [2.45, 2.75) is 110 Å². The minimum Gasteiger partial charge on any atom is -0.0622 e. The highest BCUT2D eigenvalue weighted by atomic mass is 14.7. The molecule has 0 aromatic heterocycles. The molecule has 6 saturated carbocycles. The van der Waals surface area contributed by atoms with Crippen LogP contribution in [0.1, 0.15) is 110 Å². The molecule has 0 aromatic carbocycles. The molecule has 0 radical (unpaired) electrons. The zero-order chi connectivity index (χ0) is 28.6. The van der Waals surface area contributed by atoms with Gasteiger partial charge in [0.05, 0.1) is 0 Å². The van der Waals surface area contributed by atoms with E-state index in [0.717, 1.165) is 130 Å². The van der Waals surface area contributed by atoms with E-state index in [0.29, 0.717) is 5.41 Å². The molecular formula is C39H68. The monoisotopic (exact) mass is 537 g/mol. The molecule has 0 amide bonds. The van der Waals surface area contributed by atoms with Crippen LogP contribution >= 0.6 is 0 Å². The van der Waals surface area contributed by atoms with Crippen LogP contribution in [0, 0.1) is 136 Å². The first-order valence-corrected chi connectivity index (χ1v) is 18.2. The summed E-state index contributed by atoms with van der Waals surface area (Å²) in [4.78, 5) is 0. The predicted molar refractivity (Wildman–Crippen MR) is 168 cm³/mol. The summed E-state index contributed by atoms with van der Waals surface area (Å²) in [6, 6.07) is 0. The first-order valence-electron chi connectivity index (χ1n) is 18.2. The van der Waals surface area contributed by atoms with Crippen LogP contribution in [0.5, 0.6) is 0 Å². The Labute approximate surface area is 245 Å². The highest BCUT2D eigenvalue weighted by Crippen LogP contribution is 2.75. The van der Waals surface area contributed by atoms with Gasteiger partial charge < -0.3 is 0 Å². The zero-order valence-electron chi connectivity index (χ0n) is 28.6. The van der Waals surface area contributed by atoms with Crippen molar-refractivity contribution in [2.24, 2.45) is 136 Å². The van der Waals surface area contributed by atoms with Gasteiger partial charge in [0, 0.05) is 0 Å². The molecule has 39 heavy (non-hydrogen) atoms. The van der Waals surface area contributed by atoms with Crippen LogP contribution in [0.4, 0.5) is 0 Å². The number of hydrogen-bond acceptors (Lipinski definition) is 0.